The molecule has 0 spiro atoms. The standard InChI is InChI=1S/C12H12ClN3O2/c1-7-3-5-10(18-7)8(2)14-12(17)9-4-6-11(13)16-15-9/h3-6,8H,1-2H3,(H,14,17). The molecule has 0 saturated heterocycles. The molecule has 0 aliphatic rings. The van der Waals surface area contributed by atoms with Gasteiger partial charge in [-0.25, -0.2) is 0 Å². The number of nitrogens with one attached hydrogen (secondary N) is 1. The molecule has 0 fully saturated rings. The van der Waals surface area contributed by atoms with Crippen LogP contribution in [0.4, 0.5) is 0 Å². The van der Waals surface area contributed by atoms with Gasteiger partial charge in [-0.1, -0.05) is 11.6 Å². The summed E-state index contributed by atoms with van der Waals surface area (Å²) in [4.78, 5) is 11.8. The summed E-state index contributed by atoms with van der Waals surface area (Å²) in [7, 11) is 0. The molecule has 2 heterocycles. The normalized spacial score (nSPS) is 12.2. The molecule has 2 aromatic heterocycles. The monoisotopic (exact) mass is 265 g/mol. The van der Waals surface area contributed by atoms with E-state index in [-0.39, 0.29) is 22.8 Å². The fourth-order valence-electron chi connectivity index (χ4n) is 1.46. The third-order valence-corrected chi connectivity index (χ3v) is 2.60. The molecule has 1 unspecified atom stereocenters. The number of amides is 1. The Morgan fingerprint density at radius 3 is 2.67 bits per heavy atom. The minimum Gasteiger partial charge on any atom is -0.464 e. The van der Waals surface area contributed by atoms with Crippen LogP contribution in [0, 0.1) is 6.92 Å². The Labute approximate surface area is 109 Å². The first-order chi connectivity index (χ1) is 8.56. The van der Waals surface area contributed by atoms with Crippen LogP contribution in [0.1, 0.15) is 35.0 Å². The average molecular weight is 266 g/mol. The Bertz CT molecular complexity index is 551. The minimum atomic E-state index is -0.319. The first-order valence-corrected chi connectivity index (χ1v) is 5.80. The minimum absolute atomic E-state index is 0.217. The Balaban J connectivity index is 2.05. The largest absolute Gasteiger partial charge is 0.464 e. The van der Waals surface area contributed by atoms with Gasteiger partial charge in [0.05, 0.1) is 6.04 Å². The topological polar surface area (TPSA) is 68.0 Å². The number of furan rings is 1. The zero-order valence-electron chi connectivity index (χ0n) is 9.98. The molecule has 0 aliphatic heterocycles. The first-order valence-electron chi connectivity index (χ1n) is 5.42. The van der Waals surface area contributed by atoms with Crippen LogP contribution < -0.4 is 5.32 Å². The van der Waals surface area contributed by atoms with E-state index >= 15 is 0 Å². The highest BCUT2D eigenvalue weighted by molar-refractivity contribution is 6.29. The number of carbonyl (C=O) groups is 1. The van der Waals surface area contributed by atoms with Gasteiger partial charge in [0.15, 0.2) is 10.8 Å². The van der Waals surface area contributed by atoms with Crippen molar-refractivity contribution in [2.24, 2.45) is 0 Å². The van der Waals surface area contributed by atoms with Gasteiger partial charge < -0.3 is 9.73 Å². The predicted molar refractivity (Wildman–Crippen MR) is 66.4 cm³/mol. The van der Waals surface area contributed by atoms with Gasteiger partial charge in [-0.15, -0.1) is 10.2 Å². The Kier molecular flexibility index (Phi) is 3.62. The van der Waals surface area contributed by atoms with Crippen LogP contribution in [-0.4, -0.2) is 16.1 Å². The number of carbonyl (C=O) groups excluding carboxylic acids is 1. The van der Waals surface area contributed by atoms with Crippen molar-refractivity contribution in [1.29, 1.82) is 0 Å². The van der Waals surface area contributed by atoms with E-state index < -0.39 is 0 Å². The summed E-state index contributed by atoms with van der Waals surface area (Å²) in [5, 5.41) is 10.3. The number of hydrogen-bond acceptors (Lipinski definition) is 4. The molecule has 94 valence electrons. The van der Waals surface area contributed by atoms with Crippen molar-refractivity contribution >= 4 is 17.5 Å². The molecule has 0 saturated carbocycles. The molecule has 0 radical (unpaired) electrons. The molecule has 1 atom stereocenters. The van der Waals surface area contributed by atoms with E-state index in [0.29, 0.717) is 5.76 Å². The Morgan fingerprint density at radius 1 is 1.33 bits per heavy atom. The highest BCUT2D eigenvalue weighted by Crippen LogP contribution is 2.15. The quantitative estimate of drug-likeness (QED) is 0.926. The van der Waals surface area contributed by atoms with Crippen LogP contribution in [0.25, 0.3) is 0 Å². The molecular weight excluding hydrogens is 254 g/mol. The number of rotatable bonds is 3. The lowest BCUT2D eigenvalue weighted by Crippen LogP contribution is -2.27. The lowest BCUT2D eigenvalue weighted by Gasteiger charge is -2.10. The summed E-state index contributed by atoms with van der Waals surface area (Å²) in [6, 6.07) is 6.48. The Hall–Kier alpha value is -1.88. The molecule has 2 aromatic rings. The fraction of sp³-hybridized carbons (Fsp3) is 0.250. The van der Waals surface area contributed by atoms with Gasteiger partial charge >= 0.3 is 0 Å². The fourth-order valence-corrected chi connectivity index (χ4v) is 1.57. The van der Waals surface area contributed by atoms with Gasteiger partial charge in [-0.3, -0.25) is 4.79 Å². The predicted octanol–water partition coefficient (Wildman–Crippen LogP) is 2.52. The average Bonchev–Trinajstić information content (AvgIpc) is 2.76. The summed E-state index contributed by atoms with van der Waals surface area (Å²) in [6.45, 7) is 3.68. The van der Waals surface area contributed by atoms with E-state index in [9.17, 15) is 4.79 Å². The zero-order chi connectivity index (χ0) is 13.1. The molecule has 0 aromatic carbocycles. The van der Waals surface area contributed by atoms with Gasteiger partial charge in [-0.05, 0) is 38.1 Å². The van der Waals surface area contributed by atoms with Crippen LogP contribution in [0.3, 0.4) is 0 Å². The number of nitrogens with zero attached hydrogens (tertiary/aromatic N) is 2. The van der Waals surface area contributed by atoms with Gasteiger partial charge in [0.1, 0.15) is 11.5 Å². The molecule has 1 amide bonds. The second-order valence-electron chi connectivity index (χ2n) is 3.88. The van der Waals surface area contributed by atoms with Crippen LogP contribution in [0.15, 0.2) is 28.7 Å². The Morgan fingerprint density at radius 2 is 2.11 bits per heavy atom. The zero-order valence-corrected chi connectivity index (χ0v) is 10.7. The molecular formula is C12H12ClN3O2. The lowest BCUT2D eigenvalue weighted by atomic mass is 10.2. The highest BCUT2D eigenvalue weighted by atomic mass is 35.5. The summed E-state index contributed by atoms with van der Waals surface area (Å²) < 4.78 is 5.43. The van der Waals surface area contributed by atoms with Crippen LogP contribution >= 0.6 is 11.6 Å². The van der Waals surface area contributed by atoms with Crippen molar-refractivity contribution in [3.05, 3.63) is 46.6 Å². The molecule has 1 N–H and O–H groups in total. The lowest BCUT2D eigenvalue weighted by molar-refractivity contribution is 0.0929. The summed E-state index contributed by atoms with van der Waals surface area (Å²) in [5.41, 5.74) is 0.217. The summed E-state index contributed by atoms with van der Waals surface area (Å²) >= 11 is 5.60. The number of halogens is 1. The number of aromatic nitrogens is 2. The van der Waals surface area contributed by atoms with Gasteiger partial charge in [0, 0.05) is 0 Å². The molecule has 0 bridgehead atoms. The van der Waals surface area contributed by atoms with Gasteiger partial charge in [-0.2, -0.15) is 0 Å². The maximum atomic E-state index is 11.8. The van der Waals surface area contributed by atoms with Crippen molar-refractivity contribution in [2.45, 2.75) is 19.9 Å². The third-order valence-electron chi connectivity index (χ3n) is 2.40. The summed E-state index contributed by atoms with van der Waals surface area (Å²) in [5.74, 6) is 1.18. The van der Waals surface area contributed by atoms with Gasteiger partial charge in [0.2, 0.25) is 0 Å². The molecule has 0 aliphatic carbocycles. The third kappa shape index (κ3) is 2.87. The molecule has 18 heavy (non-hydrogen) atoms. The molecule has 6 heteroatoms. The van der Waals surface area contributed by atoms with E-state index in [0.717, 1.165) is 5.76 Å². The van der Waals surface area contributed by atoms with Crippen molar-refractivity contribution in [2.75, 3.05) is 0 Å². The van der Waals surface area contributed by atoms with Crippen molar-refractivity contribution < 1.29 is 9.21 Å². The van der Waals surface area contributed by atoms with E-state index in [1.54, 1.807) is 0 Å². The van der Waals surface area contributed by atoms with E-state index in [2.05, 4.69) is 15.5 Å². The van der Waals surface area contributed by atoms with Crippen molar-refractivity contribution in [3.8, 4) is 0 Å². The number of aryl methyl sites for hydroxylation is 1. The SMILES string of the molecule is Cc1ccc(C(C)NC(=O)c2ccc(Cl)nn2)o1. The number of hydrogen-bond donors (Lipinski definition) is 1. The van der Waals surface area contributed by atoms with Crippen LogP contribution in [0.5, 0.6) is 0 Å². The van der Waals surface area contributed by atoms with Crippen molar-refractivity contribution in [1.82, 2.24) is 15.5 Å². The van der Waals surface area contributed by atoms with E-state index in [1.165, 1.54) is 12.1 Å². The van der Waals surface area contributed by atoms with E-state index in [1.807, 2.05) is 26.0 Å². The van der Waals surface area contributed by atoms with Crippen LogP contribution in [-0.2, 0) is 0 Å². The second kappa shape index (κ2) is 5.18. The smallest absolute Gasteiger partial charge is 0.272 e. The van der Waals surface area contributed by atoms with Gasteiger partial charge in [0.25, 0.3) is 5.91 Å². The molecule has 2 rings (SSSR count). The van der Waals surface area contributed by atoms with Crippen molar-refractivity contribution in [3.63, 3.8) is 0 Å². The van der Waals surface area contributed by atoms with E-state index in [4.69, 9.17) is 16.0 Å². The maximum Gasteiger partial charge on any atom is 0.272 e. The second-order valence-corrected chi connectivity index (χ2v) is 4.27. The molecule has 5 nitrogen and oxygen atoms in total. The van der Waals surface area contributed by atoms with Crippen LogP contribution in [0.2, 0.25) is 5.15 Å². The summed E-state index contributed by atoms with van der Waals surface area (Å²) in [6.07, 6.45) is 0. The first kappa shape index (κ1) is 12.6. The maximum absolute atomic E-state index is 11.8. The highest BCUT2D eigenvalue weighted by Gasteiger charge is 2.15.